The third-order valence-electron chi connectivity index (χ3n) is 8.67. The summed E-state index contributed by atoms with van der Waals surface area (Å²) in [6.45, 7) is 6.70. The van der Waals surface area contributed by atoms with Crippen molar-refractivity contribution >= 4 is 38.8 Å². The van der Waals surface area contributed by atoms with Crippen molar-refractivity contribution in [3.63, 3.8) is 0 Å². The van der Waals surface area contributed by atoms with E-state index in [1.54, 1.807) is 29.5 Å². The third kappa shape index (κ3) is 7.62. The van der Waals surface area contributed by atoms with Crippen molar-refractivity contribution < 1.29 is 24.1 Å². The Labute approximate surface area is 268 Å². The van der Waals surface area contributed by atoms with E-state index in [1.165, 1.54) is 6.07 Å². The van der Waals surface area contributed by atoms with Crippen LogP contribution in [0.3, 0.4) is 0 Å². The van der Waals surface area contributed by atoms with Crippen LogP contribution in [0.2, 0.25) is 0 Å². The second kappa shape index (κ2) is 13.7. The minimum absolute atomic E-state index is 0.0305. The van der Waals surface area contributed by atoms with Crippen LogP contribution >= 0.6 is 22.7 Å². The van der Waals surface area contributed by atoms with Crippen molar-refractivity contribution in [1.29, 1.82) is 0 Å². The number of H-pyrrole nitrogens is 1. The number of likely N-dealkylation sites (tertiary alicyclic amines) is 1. The average molecular weight is 656 g/mol. The van der Waals surface area contributed by atoms with Gasteiger partial charge in [0, 0.05) is 50.2 Å². The minimum Gasteiger partial charge on any atom is -0.506 e. The summed E-state index contributed by atoms with van der Waals surface area (Å²) in [5, 5.41) is 26.9. The number of aliphatic hydroxyl groups excluding tert-OH is 1. The number of ether oxygens (including phenoxy) is 1. The van der Waals surface area contributed by atoms with Gasteiger partial charge in [-0.3, -0.25) is 14.5 Å². The highest BCUT2D eigenvalue weighted by Gasteiger charge is 2.41. The Balaban J connectivity index is 0.978. The summed E-state index contributed by atoms with van der Waals surface area (Å²) in [7, 11) is 0. The number of hydrogen-bond donors (Lipinski definition) is 4. The van der Waals surface area contributed by atoms with Gasteiger partial charge in [0.15, 0.2) is 0 Å². The predicted molar refractivity (Wildman–Crippen MR) is 172 cm³/mol. The molecular formula is C32H38FN5O5S2. The number of amides is 1. The number of nitrogens with zero attached hydrogens (tertiary/aromatic N) is 3. The average Bonchev–Trinajstić information content (AvgIpc) is 3.61. The summed E-state index contributed by atoms with van der Waals surface area (Å²) in [5.74, 6) is -0.208. The monoisotopic (exact) mass is 655 g/mol. The summed E-state index contributed by atoms with van der Waals surface area (Å²) in [5.41, 5.74) is 3.17. The van der Waals surface area contributed by atoms with E-state index in [2.05, 4.69) is 20.2 Å². The maximum absolute atomic E-state index is 14.6. The van der Waals surface area contributed by atoms with Crippen LogP contribution in [0.5, 0.6) is 5.75 Å². The predicted octanol–water partition coefficient (Wildman–Crippen LogP) is 3.50. The van der Waals surface area contributed by atoms with Crippen LogP contribution in [0, 0.1) is 12.7 Å². The van der Waals surface area contributed by atoms with Gasteiger partial charge in [0.05, 0.1) is 40.1 Å². The van der Waals surface area contributed by atoms with Crippen molar-refractivity contribution in [1.82, 2.24) is 25.1 Å². The van der Waals surface area contributed by atoms with Gasteiger partial charge in [-0.25, -0.2) is 9.37 Å². The molecule has 0 radical (unpaired) electrons. The molecule has 2 fully saturated rings. The lowest BCUT2D eigenvalue weighted by atomic mass is 9.89. The Bertz CT molecular complexity index is 1710. The number of aromatic hydroxyl groups is 1. The van der Waals surface area contributed by atoms with Gasteiger partial charge < -0.3 is 30.2 Å². The molecule has 1 amide bonds. The molecular weight excluding hydrogens is 618 g/mol. The number of aromatic nitrogens is 2. The van der Waals surface area contributed by atoms with Crippen molar-refractivity contribution in [3.05, 3.63) is 78.6 Å². The summed E-state index contributed by atoms with van der Waals surface area (Å²) in [6.07, 6.45) is 1.66. The molecule has 6 rings (SSSR count). The number of carbonyl (C=O) groups is 1. The lowest BCUT2D eigenvalue weighted by Gasteiger charge is -2.47. The standard InChI is InChI=1S/C32H38FN5O5S2/c1-20-35-24(18-44-20)15-28(41)38-10-11-43-32(19-38)5-8-37(9-6-32)17-22-12-21(13-23(33)14-22)4-7-34-16-27(40)25-2-3-26(39)29-30(25)45-31(42)36-29/h2-3,12-14,18,27,34,39-40H,4-11,15-17,19H2,1H3,(H,36,42)/t27-/m0/s1. The fraction of sp³-hybridized carbons (Fsp3) is 0.469. The second-order valence-corrected chi connectivity index (χ2v) is 14.0. The first-order chi connectivity index (χ1) is 21.7. The molecule has 0 saturated carbocycles. The van der Waals surface area contributed by atoms with Gasteiger partial charge in [0.2, 0.25) is 5.91 Å². The zero-order chi connectivity index (χ0) is 31.6. The summed E-state index contributed by atoms with van der Waals surface area (Å²) < 4.78 is 21.4. The number of aromatic amines is 1. The van der Waals surface area contributed by atoms with Crippen LogP contribution < -0.4 is 10.2 Å². The molecule has 4 N–H and O–H groups in total. The number of aryl methyl sites for hydroxylation is 1. The Morgan fingerprint density at radius 1 is 1.22 bits per heavy atom. The number of halogens is 1. The molecule has 2 aromatic heterocycles. The Morgan fingerprint density at radius 3 is 2.80 bits per heavy atom. The molecule has 2 aromatic carbocycles. The van der Waals surface area contributed by atoms with E-state index in [0.29, 0.717) is 61.4 Å². The highest BCUT2D eigenvalue weighted by molar-refractivity contribution is 7.16. The zero-order valence-electron chi connectivity index (χ0n) is 25.2. The van der Waals surface area contributed by atoms with Gasteiger partial charge in [-0.05, 0) is 62.1 Å². The number of rotatable bonds is 10. The van der Waals surface area contributed by atoms with Crippen LogP contribution in [-0.4, -0.2) is 87.4 Å². The molecule has 0 aliphatic carbocycles. The van der Waals surface area contributed by atoms with E-state index in [0.717, 1.165) is 59.1 Å². The van der Waals surface area contributed by atoms with E-state index in [-0.39, 0.29) is 34.5 Å². The number of fused-ring (bicyclic) bond motifs is 1. The number of phenolic OH excluding ortho intramolecular Hbond substituents is 1. The molecule has 1 atom stereocenters. The Kier molecular flexibility index (Phi) is 9.64. The Morgan fingerprint density at radius 2 is 2.02 bits per heavy atom. The fourth-order valence-corrected chi connectivity index (χ4v) is 7.86. The smallest absolute Gasteiger partial charge is 0.305 e. The second-order valence-electron chi connectivity index (χ2n) is 12.0. The van der Waals surface area contributed by atoms with E-state index >= 15 is 0 Å². The molecule has 2 saturated heterocycles. The van der Waals surface area contributed by atoms with Gasteiger partial charge in [0.25, 0.3) is 0 Å². The first-order valence-electron chi connectivity index (χ1n) is 15.2. The van der Waals surface area contributed by atoms with Gasteiger partial charge in [0.1, 0.15) is 17.1 Å². The molecule has 2 aliphatic heterocycles. The summed E-state index contributed by atoms with van der Waals surface area (Å²) >= 11 is 2.51. The SMILES string of the molecule is Cc1nc(CC(=O)N2CCOC3(CCN(Cc4cc(F)cc(CCNC[C@H](O)c5ccc(O)c6[nH]c(=O)sc56)c4)CC3)C2)cs1. The normalized spacial score (nSPS) is 17.7. The van der Waals surface area contributed by atoms with Crippen molar-refractivity contribution in [3.8, 4) is 5.75 Å². The maximum Gasteiger partial charge on any atom is 0.305 e. The molecule has 1 spiro atoms. The molecule has 4 heterocycles. The topological polar surface area (TPSA) is 131 Å². The summed E-state index contributed by atoms with van der Waals surface area (Å²) in [4.78, 5) is 35.7. The number of nitrogens with one attached hydrogen (secondary N) is 2. The van der Waals surface area contributed by atoms with Gasteiger partial charge in [-0.1, -0.05) is 23.5 Å². The molecule has 0 unspecified atom stereocenters. The number of thiazole rings is 2. The van der Waals surface area contributed by atoms with Gasteiger partial charge in [-0.15, -0.1) is 11.3 Å². The number of piperidine rings is 1. The largest absolute Gasteiger partial charge is 0.506 e. The van der Waals surface area contributed by atoms with Crippen LogP contribution in [0.4, 0.5) is 4.39 Å². The van der Waals surface area contributed by atoms with E-state index in [9.17, 15) is 24.2 Å². The highest BCUT2D eigenvalue weighted by Crippen LogP contribution is 2.32. The van der Waals surface area contributed by atoms with E-state index < -0.39 is 6.10 Å². The van der Waals surface area contributed by atoms with Gasteiger partial charge in [-0.2, -0.15) is 0 Å². The summed E-state index contributed by atoms with van der Waals surface area (Å²) in [6, 6.07) is 8.24. The van der Waals surface area contributed by atoms with E-state index in [1.807, 2.05) is 23.3 Å². The molecule has 10 nitrogen and oxygen atoms in total. The van der Waals surface area contributed by atoms with E-state index in [4.69, 9.17) is 4.74 Å². The lowest BCUT2D eigenvalue weighted by Crippen LogP contribution is -2.58. The van der Waals surface area contributed by atoms with Crippen molar-refractivity contribution in [2.75, 3.05) is 45.9 Å². The number of phenols is 1. The minimum atomic E-state index is -0.870. The number of morpholine rings is 1. The fourth-order valence-electron chi connectivity index (χ4n) is 6.33. The molecule has 240 valence electrons. The van der Waals surface area contributed by atoms with Gasteiger partial charge >= 0.3 is 4.87 Å². The first-order valence-corrected chi connectivity index (χ1v) is 16.9. The quantitative estimate of drug-likeness (QED) is 0.191. The maximum atomic E-state index is 14.6. The zero-order valence-corrected chi connectivity index (χ0v) is 26.8. The number of aliphatic hydroxyl groups is 1. The number of hydrogen-bond acceptors (Lipinski definition) is 10. The number of benzene rings is 2. The number of carbonyl (C=O) groups excluding carboxylic acids is 1. The Hall–Kier alpha value is -3.20. The van der Waals surface area contributed by atoms with Crippen LogP contribution in [0.15, 0.2) is 40.5 Å². The molecule has 4 aromatic rings. The van der Waals surface area contributed by atoms with Crippen LogP contribution in [0.25, 0.3) is 10.2 Å². The van der Waals surface area contributed by atoms with Crippen molar-refractivity contribution in [2.24, 2.45) is 0 Å². The van der Waals surface area contributed by atoms with Crippen molar-refractivity contribution in [2.45, 2.75) is 50.9 Å². The lowest BCUT2D eigenvalue weighted by molar-refractivity contribution is -0.159. The molecule has 13 heteroatoms. The third-order valence-corrected chi connectivity index (χ3v) is 10.4. The highest BCUT2D eigenvalue weighted by atomic mass is 32.1. The van der Waals surface area contributed by atoms with Crippen LogP contribution in [0.1, 0.15) is 46.3 Å². The first kappa shape index (κ1) is 31.8. The van der Waals surface area contributed by atoms with Crippen LogP contribution in [-0.2, 0) is 28.9 Å². The molecule has 0 bridgehead atoms. The molecule has 2 aliphatic rings. The molecule has 45 heavy (non-hydrogen) atoms.